The van der Waals surface area contributed by atoms with Crippen LogP contribution in [-0.4, -0.2) is 49.9 Å². The standard InChI is InChI=1S/C18H16Cl2N4O3/c1-10-7-23(18(25)26)14(8-27-10)11-2-4-12(5-3-11)24-15(19)6-13-16(20)21-9-22-17(13)24/h2-6,9-10,14H,7-8H2,1H3,(H,25,26)/t10-,14-/m0/s1. The average molecular weight is 407 g/mol. The summed E-state index contributed by atoms with van der Waals surface area (Å²) in [5, 5.41) is 11.0. The summed E-state index contributed by atoms with van der Waals surface area (Å²) >= 11 is 12.5. The van der Waals surface area contributed by atoms with Gasteiger partial charge in [-0.15, -0.1) is 0 Å². The number of amides is 1. The second-order valence-electron chi connectivity index (χ2n) is 6.39. The van der Waals surface area contributed by atoms with Crippen LogP contribution < -0.4 is 0 Å². The van der Waals surface area contributed by atoms with Gasteiger partial charge in [-0.25, -0.2) is 14.8 Å². The maximum atomic E-state index is 11.6. The van der Waals surface area contributed by atoms with E-state index in [1.54, 1.807) is 10.6 Å². The van der Waals surface area contributed by atoms with E-state index in [0.717, 1.165) is 11.3 Å². The minimum atomic E-state index is -0.954. The van der Waals surface area contributed by atoms with Gasteiger partial charge in [-0.3, -0.25) is 9.47 Å². The Morgan fingerprint density at radius 1 is 1.26 bits per heavy atom. The summed E-state index contributed by atoms with van der Waals surface area (Å²) in [6, 6.07) is 8.86. The number of halogens is 2. The number of morpholine rings is 1. The van der Waals surface area contributed by atoms with Gasteiger partial charge >= 0.3 is 6.09 Å². The number of aromatic nitrogens is 3. The lowest BCUT2D eigenvalue weighted by Gasteiger charge is -2.37. The molecule has 0 aliphatic carbocycles. The molecule has 9 heteroatoms. The number of benzene rings is 1. The number of rotatable bonds is 2. The van der Waals surface area contributed by atoms with Crippen LogP contribution in [0, 0.1) is 0 Å². The third kappa shape index (κ3) is 3.22. The van der Waals surface area contributed by atoms with E-state index in [9.17, 15) is 9.90 Å². The van der Waals surface area contributed by atoms with Gasteiger partial charge in [0.05, 0.1) is 30.7 Å². The van der Waals surface area contributed by atoms with Gasteiger partial charge in [-0.1, -0.05) is 35.3 Å². The lowest BCUT2D eigenvalue weighted by atomic mass is 10.0. The Kier molecular flexibility index (Phi) is 4.67. The minimum absolute atomic E-state index is 0.119. The molecule has 1 saturated heterocycles. The third-order valence-electron chi connectivity index (χ3n) is 4.65. The van der Waals surface area contributed by atoms with Crippen LogP contribution in [0.15, 0.2) is 36.7 Å². The van der Waals surface area contributed by atoms with Crippen LogP contribution in [0.3, 0.4) is 0 Å². The van der Waals surface area contributed by atoms with E-state index in [1.165, 1.54) is 11.2 Å². The predicted molar refractivity (Wildman–Crippen MR) is 102 cm³/mol. The largest absolute Gasteiger partial charge is 0.465 e. The molecule has 0 spiro atoms. The number of nitrogens with zero attached hydrogens (tertiary/aromatic N) is 4. The van der Waals surface area contributed by atoms with E-state index in [1.807, 2.05) is 31.2 Å². The molecule has 4 rings (SSSR count). The summed E-state index contributed by atoms with van der Waals surface area (Å²) in [7, 11) is 0. The first-order chi connectivity index (χ1) is 13.0. The van der Waals surface area contributed by atoms with E-state index in [2.05, 4.69) is 9.97 Å². The Hall–Kier alpha value is -2.35. The maximum absolute atomic E-state index is 11.6. The second-order valence-corrected chi connectivity index (χ2v) is 7.14. The highest BCUT2D eigenvalue weighted by Gasteiger charge is 2.31. The van der Waals surface area contributed by atoms with Crippen molar-refractivity contribution in [2.24, 2.45) is 0 Å². The van der Waals surface area contributed by atoms with E-state index >= 15 is 0 Å². The van der Waals surface area contributed by atoms with Gasteiger partial charge < -0.3 is 9.84 Å². The van der Waals surface area contributed by atoms with Gasteiger partial charge in [0, 0.05) is 5.69 Å². The van der Waals surface area contributed by atoms with Crippen LogP contribution in [0.25, 0.3) is 16.7 Å². The van der Waals surface area contributed by atoms with E-state index < -0.39 is 6.09 Å². The minimum Gasteiger partial charge on any atom is -0.465 e. The van der Waals surface area contributed by atoms with Crippen LogP contribution in [0.2, 0.25) is 10.3 Å². The van der Waals surface area contributed by atoms with Crippen molar-refractivity contribution < 1.29 is 14.6 Å². The van der Waals surface area contributed by atoms with Crippen molar-refractivity contribution in [3.05, 3.63) is 52.5 Å². The molecule has 140 valence electrons. The Bertz CT molecular complexity index is 1010. The van der Waals surface area contributed by atoms with E-state index in [4.69, 9.17) is 27.9 Å². The lowest BCUT2D eigenvalue weighted by Crippen LogP contribution is -2.46. The fourth-order valence-corrected chi connectivity index (χ4v) is 3.80. The van der Waals surface area contributed by atoms with Crippen LogP contribution in [-0.2, 0) is 4.74 Å². The summed E-state index contributed by atoms with van der Waals surface area (Å²) in [6.45, 7) is 2.52. The normalized spacial score (nSPS) is 20.2. The highest BCUT2D eigenvalue weighted by Crippen LogP contribution is 2.31. The van der Waals surface area contributed by atoms with Crippen LogP contribution in [0.1, 0.15) is 18.5 Å². The highest BCUT2D eigenvalue weighted by atomic mass is 35.5. The molecule has 2 atom stereocenters. The monoisotopic (exact) mass is 406 g/mol. The van der Waals surface area contributed by atoms with Crippen molar-refractivity contribution in [3.63, 3.8) is 0 Å². The second kappa shape index (κ2) is 6.99. The highest BCUT2D eigenvalue weighted by molar-refractivity contribution is 6.36. The quantitative estimate of drug-likeness (QED) is 0.645. The predicted octanol–water partition coefficient (Wildman–Crippen LogP) is 4.17. The third-order valence-corrected chi connectivity index (χ3v) is 5.23. The molecule has 0 unspecified atom stereocenters. The molecule has 7 nitrogen and oxygen atoms in total. The Morgan fingerprint density at radius 3 is 2.70 bits per heavy atom. The van der Waals surface area contributed by atoms with Gasteiger partial charge in [0.15, 0.2) is 5.65 Å². The summed E-state index contributed by atoms with van der Waals surface area (Å²) in [4.78, 5) is 21.2. The molecule has 0 radical (unpaired) electrons. The van der Waals surface area contributed by atoms with Gasteiger partial charge in [-0.2, -0.15) is 0 Å². The zero-order valence-electron chi connectivity index (χ0n) is 14.3. The molecule has 1 fully saturated rings. The molecule has 1 N–H and O–H groups in total. The summed E-state index contributed by atoms with van der Waals surface area (Å²) in [5.41, 5.74) is 2.25. The Labute approximate surface area is 165 Å². The van der Waals surface area contributed by atoms with Crippen molar-refractivity contribution in [1.29, 1.82) is 0 Å². The summed E-state index contributed by atoms with van der Waals surface area (Å²) in [5.74, 6) is 0. The number of fused-ring (bicyclic) bond motifs is 1. The maximum Gasteiger partial charge on any atom is 0.407 e. The Balaban J connectivity index is 1.70. The van der Waals surface area contributed by atoms with Crippen LogP contribution >= 0.6 is 23.2 Å². The summed E-state index contributed by atoms with van der Waals surface area (Å²) in [6.07, 6.45) is 0.313. The molecule has 3 heterocycles. The molecule has 2 aromatic heterocycles. The first-order valence-electron chi connectivity index (χ1n) is 8.34. The van der Waals surface area contributed by atoms with E-state index in [-0.39, 0.29) is 12.1 Å². The molecule has 0 saturated carbocycles. The van der Waals surface area contributed by atoms with Gasteiger partial charge in [0.25, 0.3) is 0 Å². The molecule has 1 aliphatic heterocycles. The van der Waals surface area contributed by atoms with Crippen molar-refractivity contribution in [1.82, 2.24) is 19.4 Å². The van der Waals surface area contributed by atoms with Crippen molar-refractivity contribution >= 4 is 40.3 Å². The van der Waals surface area contributed by atoms with Crippen molar-refractivity contribution in [2.45, 2.75) is 19.1 Å². The van der Waals surface area contributed by atoms with E-state index in [0.29, 0.717) is 34.5 Å². The molecule has 1 aromatic carbocycles. The molecule has 3 aromatic rings. The number of ether oxygens (including phenoxy) is 1. The molecule has 27 heavy (non-hydrogen) atoms. The van der Waals surface area contributed by atoms with Crippen molar-refractivity contribution in [2.75, 3.05) is 13.2 Å². The fraction of sp³-hybridized carbons (Fsp3) is 0.278. The molecule has 0 bridgehead atoms. The fourth-order valence-electron chi connectivity index (χ4n) is 3.33. The van der Waals surface area contributed by atoms with Gasteiger partial charge in [-0.05, 0) is 30.7 Å². The topological polar surface area (TPSA) is 80.5 Å². The van der Waals surface area contributed by atoms with Crippen molar-refractivity contribution in [3.8, 4) is 5.69 Å². The number of carboxylic acid groups (broad SMARTS) is 1. The lowest BCUT2D eigenvalue weighted by molar-refractivity contribution is -0.0465. The Morgan fingerprint density at radius 2 is 2.00 bits per heavy atom. The first kappa shape index (κ1) is 18.0. The van der Waals surface area contributed by atoms with Crippen LogP contribution in [0.4, 0.5) is 4.79 Å². The zero-order valence-corrected chi connectivity index (χ0v) is 15.9. The number of hydrogen-bond donors (Lipinski definition) is 1. The van der Waals surface area contributed by atoms with Crippen LogP contribution in [0.5, 0.6) is 0 Å². The van der Waals surface area contributed by atoms with Gasteiger partial charge in [0.2, 0.25) is 0 Å². The molecule has 1 amide bonds. The van der Waals surface area contributed by atoms with Gasteiger partial charge in [0.1, 0.15) is 16.6 Å². The SMILES string of the molecule is C[C@H]1CN(C(=O)O)[C@H](c2ccc(-n3c(Cl)cc4c(Cl)ncnc43)cc2)CO1. The molecular formula is C18H16Cl2N4O3. The smallest absolute Gasteiger partial charge is 0.407 e. The number of carbonyl (C=O) groups is 1. The molecular weight excluding hydrogens is 391 g/mol. The average Bonchev–Trinajstić information content (AvgIpc) is 2.99. The number of hydrogen-bond acceptors (Lipinski definition) is 4. The zero-order chi connectivity index (χ0) is 19.1. The molecule has 1 aliphatic rings. The summed E-state index contributed by atoms with van der Waals surface area (Å²) < 4.78 is 7.42. The first-order valence-corrected chi connectivity index (χ1v) is 9.10.